The fraction of sp³-hybridized carbons (Fsp3) is 0.133. The van der Waals surface area contributed by atoms with Crippen molar-refractivity contribution in [1.29, 1.82) is 0 Å². The lowest BCUT2D eigenvalue weighted by atomic mass is 10.3. The van der Waals surface area contributed by atoms with E-state index >= 15 is 0 Å². The molecule has 0 aliphatic heterocycles. The summed E-state index contributed by atoms with van der Waals surface area (Å²) >= 11 is 9.17. The van der Waals surface area contributed by atoms with Gasteiger partial charge in [-0.05, 0) is 52.3 Å². The smallest absolute Gasteiger partial charge is 0.245 e. The summed E-state index contributed by atoms with van der Waals surface area (Å²) in [5, 5.41) is 2.95. The van der Waals surface area contributed by atoms with Crippen LogP contribution in [0.25, 0.3) is 0 Å². The molecular weight excluding hydrogens is 423 g/mol. The van der Waals surface area contributed by atoms with Crippen LogP contribution in [-0.2, 0) is 14.8 Å². The van der Waals surface area contributed by atoms with Gasteiger partial charge in [0.1, 0.15) is 12.4 Å². The number of carbonyl (C=O) groups is 1. The van der Waals surface area contributed by atoms with Gasteiger partial charge in [-0.1, -0.05) is 17.7 Å². The van der Waals surface area contributed by atoms with Crippen molar-refractivity contribution in [1.82, 2.24) is 0 Å². The number of carbonyl (C=O) groups excluding carboxylic acids is 1. The third-order valence-electron chi connectivity index (χ3n) is 2.99. The topological polar surface area (TPSA) is 66.5 Å². The summed E-state index contributed by atoms with van der Waals surface area (Å²) in [5.74, 6) is -1.18. The van der Waals surface area contributed by atoms with Crippen LogP contribution in [0.3, 0.4) is 0 Å². The van der Waals surface area contributed by atoms with E-state index in [1.54, 1.807) is 12.1 Å². The first-order valence-electron chi connectivity index (χ1n) is 6.65. The molecule has 1 amide bonds. The van der Waals surface area contributed by atoms with Crippen LogP contribution in [0, 0.1) is 5.82 Å². The van der Waals surface area contributed by atoms with Crippen molar-refractivity contribution in [2.75, 3.05) is 22.4 Å². The molecule has 24 heavy (non-hydrogen) atoms. The standard InChI is InChI=1S/C15H13BrClFN2O3S/c1-24(22,23)20(12-4-2-3-10(18)7-12)9-15(21)19-11-5-6-13(16)14(17)8-11/h2-8H,9H2,1H3,(H,19,21). The molecule has 0 bridgehead atoms. The number of halogens is 3. The third kappa shape index (κ3) is 4.93. The van der Waals surface area contributed by atoms with Crippen LogP contribution in [0.2, 0.25) is 5.02 Å². The Morgan fingerprint density at radius 1 is 1.29 bits per heavy atom. The highest BCUT2D eigenvalue weighted by molar-refractivity contribution is 9.10. The van der Waals surface area contributed by atoms with E-state index in [-0.39, 0.29) is 5.69 Å². The van der Waals surface area contributed by atoms with Crippen LogP contribution >= 0.6 is 27.5 Å². The SMILES string of the molecule is CS(=O)(=O)N(CC(=O)Nc1ccc(Br)c(Cl)c1)c1cccc(F)c1. The zero-order valence-electron chi connectivity index (χ0n) is 12.5. The van der Waals surface area contributed by atoms with Gasteiger partial charge in [-0.2, -0.15) is 0 Å². The van der Waals surface area contributed by atoms with Gasteiger partial charge in [0, 0.05) is 10.2 Å². The molecule has 0 radical (unpaired) electrons. The largest absolute Gasteiger partial charge is 0.324 e. The number of amides is 1. The summed E-state index contributed by atoms with van der Waals surface area (Å²) in [7, 11) is -3.76. The second-order valence-corrected chi connectivity index (χ2v) is 8.09. The van der Waals surface area contributed by atoms with Gasteiger partial charge in [0.15, 0.2) is 0 Å². The lowest BCUT2D eigenvalue weighted by molar-refractivity contribution is -0.114. The average molecular weight is 436 g/mol. The third-order valence-corrected chi connectivity index (χ3v) is 5.36. The monoisotopic (exact) mass is 434 g/mol. The van der Waals surface area contributed by atoms with Crippen molar-refractivity contribution in [3.63, 3.8) is 0 Å². The molecule has 0 saturated heterocycles. The van der Waals surface area contributed by atoms with Crippen molar-refractivity contribution in [3.8, 4) is 0 Å². The zero-order chi connectivity index (χ0) is 17.9. The number of sulfonamides is 1. The molecule has 9 heteroatoms. The normalized spacial score (nSPS) is 11.2. The minimum Gasteiger partial charge on any atom is -0.324 e. The van der Waals surface area contributed by atoms with E-state index in [0.29, 0.717) is 15.2 Å². The van der Waals surface area contributed by atoms with E-state index in [1.807, 2.05) is 0 Å². The zero-order valence-corrected chi connectivity index (χ0v) is 15.6. The number of nitrogens with zero attached hydrogens (tertiary/aromatic N) is 1. The van der Waals surface area contributed by atoms with E-state index < -0.39 is 28.3 Å². The quantitative estimate of drug-likeness (QED) is 0.780. The van der Waals surface area contributed by atoms with Gasteiger partial charge in [-0.3, -0.25) is 9.10 Å². The highest BCUT2D eigenvalue weighted by Gasteiger charge is 2.21. The molecule has 0 atom stereocenters. The van der Waals surface area contributed by atoms with Gasteiger partial charge in [0.05, 0.1) is 17.0 Å². The van der Waals surface area contributed by atoms with E-state index in [4.69, 9.17) is 11.6 Å². The molecule has 0 aromatic heterocycles. The molecule has 0 spiro atoms. The highest BCUT2D eigenvalue weighted by atomic mass is 79.9. The number of hydrogen-bond acceptors (Lipinski definition) is 3. The van der Waals surface area contributed by atoms with Crippen LogP contribution < -0.4 is 9.62 Å². The number of rotatable bonds is 5. The first-order chi connectivity index (χ1) is 11.2. The minimum atomic E-state index is -3.76. The Labute approximate surface area is 152 Å². The summed E-state index contributed by atoms with van der Waals surface area (Å²) in [5.41, 5.74) is 0.488. The summed E-state index contributed by atoms with van der Waals surface area (Å²) in [6.45, 7) is -0.490. The summed E-state index contributed by atoms with van der Waals surface area (Å²) in [6, 6.07) is 9.80. The van der Waals surface area contributed by atoms with Gasteiger partial charge in [0.2, 0.25) is 15.9 Å². The Morgan fingerprint density at radius 2 is 2.00 bits per heavy atom. The predicted octanol–water partition coefficient (Wildman–Crippen LogP) is 3.65. The number of nitrogens with one attached hydrogen (secondary N) is 1. The maximum Gasteiger partial charge on any atom is 0.245 e. The lowest BCUT2D eigenvalue weighted by Gasteiger charge is -2.22. The maximum atomic E-state index is 13.3. The molecule has 5 nitrogen and oxygen atoms in total. The van der Waals surface area contributed by atoms with Crippen LogP contribution in [0.15, 0.2) is 46.9 Å². The lowest BCUT2D eigenvalue weighted by Crippen LogP contribution is -2.37. The molecule has 0 saturated carbocycles. The minimum absolute atomic E-state index is 0.0708. The Hall–Kier alpha value is -1.64. The second-order valence-electron chi connectivity index (χ2n) is 4.93. The summed E-state index contributed by atoms with van der Waals surface area (Å²) in [4.78, 5) is 12.2. The van der Waals surface area contributed by atoms with E-state index in [0.717, 1.165) is 16.6 Å². The van der Waals surface area contributed by atoms with E-state index in [9.17, 15) is 17.6 Å². The van der Waals surface area contributed by atoms with Crippen molar-refractivity contribution in [2.24, 2.45) is 0 Å². The number of anilines is 2. The molecule has 2 rings (SSSR count). The molecule has 1 N–H and O–H groups in total. The molecule has 0 aliphatic carbocycles. The van der Waals surface area contributed by atoms with Gasteiger partial charge < -0.3 is 5.32 Å². The molecule has 2 aromatic carbocycles. The molecular formula is C15H13BrClFN2O3S. The molecule has 0 heterocycles. The molecule has 128 valence electrons. The maximum absolute atomic E-state index is 13.3. The van der Waals surface area contributed by atoms with Crippen molar-refractivity contribution < 1.29 is 17.6 Å². The van der Waals surface area contributed by atoms with E-state index in [2.05, 4.69) is 21.2 Å². The average Bonchev–Trinajstić information content (AvgIpc) is 2.47. The molecule has 0 unspecified atom stereocenters. The van der Waals surface area contributed by atoms with Gasteiger partial charge >= 0.3 is 0 Å². The van der Waals surface area contributed by atoms with Gasteiger partial charge in [0.25, 0.3) is 0 Å². The van der Waals surface area contributed by atoms with Crippen LogP contribution in [0.1, 0.15) is 0 Å². The highest BCUT2D eigenvalue weighted by Crippen LogP contribution is 2.25. The number of benzene rings is 2. The van der Waals surface area contributed by atoms with Crippen LogP contribution in [0.4, 0.5) is 15.8 Å². The first kappa shape index (κ1) is 18.7. The molecule has 0 aliphatic rings. The van der Waals surface area contributed by atoms with Crippen molar-refractivity contribution in [2.45, 2.75) is 0 Å². The fourth-order valence-corrected chi connectivity index (χ4v) is 3.21. The summed E-state index contributed by atoms with van der Waals surface area (Å²) in [6.07, 6.45) is 0.946. The Morgan fingerprint density at radius 3 is 2.58 bits per heavy atom. The Bertz CT molecular complexity index is 877. The van der Waals surface area contributed by atoms with Crippen LogP contribution in [0.5, 0.6) is 0 Å². The number of hydrogen-bond donors (Lipinski definition) is 1. The van der Waals surface area contributed by atoms with Crippen LogP contribution in [-0.4, -0.2) is 27.1 Å². The van der Waals surface area contributed by atoms with Gasteiger partial charge in [-0.25, -0.2) is 12.8 Å². The fourth-order valence-electron chi connectivity index (χ4n) is 1.94. The van der Waals surface area contributed by atoms with E-state index in [1.165, 1.54) is 24.3 Å². The van der Waals surface area contributed by atoms with Gasteiger partial charge in [-0.15, -0.1) is 0 Å². The first-order valence-corrected chi connectivity index (χ1v) is 9.67. The van der Waals surface area contributed by atoms with Crippen molar-refractivity contribution >= 4 is 54.8 Å². The molecule has 0 fully saturated rings. The molecule has 2 aromatic rings. The Balaban J connectivity index is 2.20. The van der Waals surface area contributed by atoms with Crippen molar-refractivity contribution in [3.05, 3.63) is 57.8 Å². The Kier molecular flexibility index (Phi) is 5.84. The second kappa shape index (κ2) is 7.50. The summed E-state index contributed by atoms with van der Waals surface area (Å²) < 4.78 is 38.7. The predicted molar refractivity (Wildman–Crippen MR) is 96.4 cm³/mol.